The average molecular weight is 434 g/mol. The van der Waals surface area contributed by atoms with Gasteiger partial charge in [-0.25, -0.2) is 14.6 Å². The Balaban J connectivity index is 1.60. The highest BCUT2D eigenvalue weighted by Gasteiger charge is 2.31. The van der Waals surface area contributed by atoms with E-state index in [1.54, 1.807) is 18.3 Å². The first-order valence-electron chi connectivity index (χ1n) is 9.61. The average Bonchev–Trinajstić information content (AvgIpc) is 3.52. The number of nitrogens with zero attached hydrogens (tertiary/aromatic N) is 6. The number of benzene rings is 1. The number of aryl methyl sites for hydroxylation is 1. The van der Waals surface area contributed by atoms with Gasteiger partial charge in [-0.15, -0.1) is 11.3 Å². The standard InChI is InChI=1S/C21H18N6O3S/c1-13-11-18(26-9-6-16(24-26)21-22-7-10-31-21)15-5-8-25(20(15)23-13)17-4-3-14(30-2)12-19(17)27(28)29/h3-4,6-7,9-12H,5,8H2,1-2H3. The number of pyridine rings is 1. The summed E-state index contributed by atoms with van der Waals surface area (Å²) in [5, 5.41) is 19.2. The van der Waals surface area contributed by atoms with Crippen LogP contribution in [0.3, 0.4) is 0 Å². The van der Waals surface area contributed by atoms with Crippen LogP contribution in [0.25, 0.3) is 16.4 Å². The second-order valence-electron chi connectivity index (χ2n) is 7.08. The zero-order chi connectivity index (χ0) is 21.5. The van der Waals surface area contributed by atoms with Gasteiger partial charge in [0.2, 0.25) is 0 Å². The van der Waals surface area contributed by atoms with Crippen molar-refractivity contribution in [2.45, 2.75) is 13.3 Å². The van der Waals surface area contributed by atoms with Crippen LogP contribution in [0.4, 0.5) is 17.2 Å². The van der Waals surface area contributed by atoms with E-state index in [0.29, 0.717) is 24.4 Å². The van der Waals surface area contributed by atoms with Crippen LogP contribution in [0.5, 0.6) is 5.75 Å². The smallest absolute Gasteiger partial charge is 0.296 e. The second-order valence-corrected chi connectivity index (χ2v) is 7.98. The Morgan fingerprint density at radius 2 is 2.10 bits per heavy atom. The number of hydrogen-bond donors (Lipinski definition) is 0. The number of rotatable bonds is 5. The molecule has 31 heavy (non-hydrogen) atoms. The molecule has 156 valence electrons. The Bertz CT molecular complexity index is 1280. The minimum atomic E-state index is -0.389. The molecule has 4 heterocycles. The van der Waals surface area contributed by atoms with E-state index in [1.807, 2.05) is 40.2 Å². The minimum absolute atomic E-state index is 0.0119. The topological polar surface area (TPSA) is 99.2 Å². The lowest BCUT2D eigenvalue weighted by molar-refractivity contribution is -0.384. The molecular formula is C21H18N6O3S. The molecule has 1 aliphatic heterocycles. The molecule has 0 amide bonds. The van der Waals surface area contributed by atoms with E-state index in [0.717, 1.165) is 33.5 Å². The Labute approximate surface area is 181 Å². The van der Waals surface area contributed by atoms with Crippen LogP contribution in [-0.2, 0) is 6.42 Å². The molecule has 0 spiro atoms. The highest BCUT2D eigenvalue weighted by Crippen LogP contribution is 2.41. The monoisotopic (exact) mass is 434 g/mol. The van der Waals surface area contributed by atoms with E-state index in [-0.39, 0.29) is 10.6 Å². The molecule has 1 aromatic carbocycles. The first-order valence-corrected chi connectivity index (χ1v) is 10.5. The second kappa shape index (κ2) is 7.47. The van der Waals surface area contributed by atoms with Crippen molar-refractivity contribution in [3.63, 3.8) is 0 Å². The number of anilines is 2. The first kappa shape index (κ1) is 19.2. The van der Waals surface area contributed by atoms with Crippen molar-refractivity contribution in [3.05, 3.63) is 69.5 Å². The minimum Gasteiger partial charge on any atom is -0.496 e. The van der Waals surface area contributed by atoms with Crippen LogP contribution in [0.15, 0.2) is 48.1 Å². The van der Waals surface area contributed by atoms with Gasteiger partial charge in [0.15, 0.2) is 0 Å². The number of methoxy groups -OCH3 is 1. The lowest BCUT2D eigenvalue weighted by atomic mass is 10.1. The SMILES string of the molecule is COc1ccc(N2CCc3c(-n4ccc(-c5nccs5)n4)cc(C)nc32)c([N+](=O)[O-])c1. The largest absolute Gasteiger partial charge is 0.496 e. The Morgan fingerprint density at radius 1 is 1.23 bits per heavy atom. The molecule has 0 N–H and O–H groups in total. The van der Waals surface area contributed by atoms with Gasteiger partial charge in [0.05, 0.1) is 23.8 Å². The normalized spacial score (nSPS) is 12.8. The molecule has 0 unspecified atom stereocenters. The van der Waals surface area contributed by atoms with Crippen molar-refractivity contribution in [2.24, 2.45) is 0 Å². The lowest BCUT2D eigenvalue weighted by Crippen LogP contribution is -2.16. The lowest BCUT2D eigenvalue weighted by Gasteiger charge is -2.19. The number of aromatic nitrogens is 4. The molecule has 0 atom stereocenters. The molecule has 3 aromatic heterocycles. The summed E-state index contributed by atoms with van der Waals surface area (Å²) in [5.41, 5.74) is 4.02. The van der Waals surface area contributed by atoms with Crippen LogP contribution >= 0.6 is 11.3 Å². The third-order valence-electron chi connectivity index (χ3n) is 5.21. The zero-order valence-corrected chi connectivity index (χ0v) is 17.7. The number of ether oxygens (including phenoxy) is 1. The summed E-state index contributed by atoms with van der Waals surface area (Å²) in [6.07, 6.45) is 4.37. The van der Waals surface area contributed by atoms with Gasteiger partial charge in [0, 0.05) is 35.6 Å². The summed E-state index contributed by atoms with van der Waals surface area (Å²) in [7, 11) is 1.49. The third kappa shape index (κ3) is 3.30. The van der Waals surface area contributed by atoms with Crippen molar-refractivity contribution in [1.82, 2.24) is 19.7 Å². The predicted octanol–water partition coefficient (Wildman–Crippen LogP) is 4.31. The van der Waals surface area contributed by atoms with Crippen molar-refractivity contribution in [1.29, 1.82) is 0 Å². The molecule has 5 rings (SSSR count). The molecule has 10 heteroatoms. The van der Waals surface area contributed by atoms with E-state index in [4.69, 9.17) is 14.8 Å². The molecule has 9 nitrogen and oxygen atoms in total. The number of thiazole rings is 1. The molecule has 1 aliphatic rings. The number of nitro groups is 1. The van der Waals surface area contributed by atoms with Crippen LogP contribution in [0.2, 0.25) is 0 Å². The fraction of sp³-hybridized carbons (Fsp3) is 0.190. The summed E-state index contributed by atoms with van der Waals surface area (Å²) >= 11 is 1.54. The molecular weight excluding hydrogens is 416 g/mol. The van der Waals surface area contributed by atoms with E-state index in [9.17, 15) is 10.1 Å². The summed E-state index contributed by atoms with van der Waals surface area (Å²) in [6, 6.07) is 8.80. The van der Waals surface area contributed by atoms with Crippen molar-refractivity contribution in [2.75, 3.05) is 18.6 Å². The summed E-state index contributed by atoms with van der Waals surface area (Å²) in [6.45, 7) is 2.50. The summed E-state index contributed by atoms with van der Waals surface area (Å²) in [5.74, 6) is 1.16. The Hall–Kier alpha value is -3.79. The summed E-state index contributed by atoms with van der Waals surface area (Å²) < 4.78 is 7.00. The molecule has 0 saturated carbocycles. The maximum atomic E-state index is 11.7. The van der Waals surface area contributed by atoms with E-state index < -0.39 is 0 Å². The van der Waals surface area contributed by atoms with Gasteiger partial charge in [-0.1, -0.05) is 0 Å². The van der Waals surface area contributed by atoms with Gasteiger partial charge in [-0.05, 0) is 37.6 Å². The van der Waals surface area contributed by atoms with E-state index in [2.05, 4.69) is 4.98 Å². The Morgan fingerprint density at radius 3 is 2.84 bits per heavy atom. The number of fused-ring (bicyclic) bond motifs is 1. The molecule has 0 radical (unpaired) electrons. The maximum absolute atomic E-state index is 11.7. The highest BCUT2D eigenvalue weighted by atomic mass is 32.1. The number of hydrogen-bond acceptors (Lipinski definition) is 8. The predicted molar refractivity (Wildman–Crippen MR) is 118 cm³/mol. The van der Waals surface area contributed by atoms with Crippen LogP contribution in [0, 0.1) is 17.0 Å². The van der Waals surface area contributed by atoms with Gasteiger partial charge in [0.1, 0.15) is 28.0 Å². The maximum Gasteiger partial charge on any atom is 0.296 e. The quantitative estimate of drug-likeness (QED) is 0.341. The Kier molecular flexibility index (Phi) is 4.63. The zero-order valence-electron chi connectivity index (χ0n) is 16.8. The van der Waals surface area contributed by atoms with Gasteiger partial charge in [-0.2, -0.15) is 5.10 Å². The van der Waals surface area contributed by atoms with Crippen molar-refractivity contribution >= 4 is 28.5 Å². The van der Waals surface area contributed by atoms with Crippen LogP contribution < -0.4 is 9.64 Å². The number of nitro benzene ring substituents is 1. The highest BCUT2D eigenvalue weighted by molar-refractivity contribution is 7.13. The molecule has 0 aliphatic carbocycles. The van der Waals surface area contributed by atoms with Crippen molar-refractivity contribution < 1.29 is 9.66 Å². The van der Waals surface area contributed by atoms with Gasteiger partial charge >= 0.3 is 0 Å². The van der Waals surface area contributed by atoms with E-state index >= 15 is 0 Å². The van der Waals surface area contributed by atoms with E-state index in [1.165, 1.54) is 24.5 Å². The fourth-order valence-corrected chi connectivity index (χ4v) is 4.43. The van der Waals surface area contributed by atoms with Crippen LogP contribution in [-0.4, -0.2) is 38.3 Å². The van der Waals surface area contributed by atoms with Crippen LogP contribution in [0.1, 0.15) is 11.3 Å². The van der Waals surface area contributed by atoms with Gasteiger partial charge in [-0.3, -0.25) is 10.1 Å². The fourth-order valence-electron chi connectivity index (χ4n) is 3.82. The molecule has 0 bridgehead atoms. The van der Waals surface area contributed by atoms with Gasteiger partial charge < -0.3 is 9.64 Å². The molecule has 4 aromatic rings. The third-order valence-corrected chi connectivity index (χ3v) is 6.00. The van der Waals surface area contributed by atoms with Gasteiger partial charge in [0.25, 0.3) is 5.69 Å². The summed E-state index contributed by atoms with van der Waals surface area (Å²) in [4.78, 5) is 22.3. The molecule has 0 saturated heterocycles. The first-order chi connectivity index (χ1) is 15.0. The molecule has 0 fully saturated rings. The van der Waals surface area contributed by atoms with Crippen molar-refractivity contribution in [3.8, 4) is 22.1 Å².